The fraction of sp³-hybridized carbons (Fsp3) is 0.565. The first-order valence-corrected chi connectivity index (χ1v) is 10.8. The number of nitrogens with one attached hydrogen (secondary N) is 1. The molecule has 0 saturated heterocycles. The van der Waals surface area contributed by atoms with Gasteiger partial charge in [0.25, 0.3) is 0 Å². The van der Waals surface area contributed by atoms with E-state index in [0.29, 0.717) is 5.82 Å². The van der Waals surface area contributed by atoms with Crippen LogP contribution in [0.15, 0.2) is 24.5 Å². The van der Waals surface area contributed by atoms with E-state index in [4.69, 9.17) is 4.98 Å². The molecule has 0 unspecified atom stereocenters. The second-order valence-electron chi connectivity index (χ2n) is 8.01. The lowest BCUT2D eigenvalue weighted by Crippen LogP contribution is -2.08. The number of carbonyl (C=O) groups is 1. The Kier molecular flexibility index (Phi) is 7.96. The van der Waals surface area contributed by atoms with Crippen LogP contribution in [0.2, 0.25) is 0 Å². The zero-order valence-electron chi connectivity index (χ0n) is 17.4. The highest BCUT2D eigenvalue weighted by molar-refractivity contribution is 5.68. The van der Waals surface area contributed by atoms with Crippen LogP contribution in [0, 0.1) is 6.92 Å². The number of unbranched alkanes of at least 4 members (excludes halogenated alkanes) is 3. The maximum Gasteiger partial charge on any atom is 0.303 e. The molecule has 1 aliphatic heterocycles. The normalized spacial score (nSPS) is 14.5. The smallest absolute Gasteiger partial charge is 0.303 e. The third kappa shape index (κ3) is 6.80. The first-order valence-electron chi connectivity index (χ1n) is 10.8. The second kappa shape index (κ2) is 10.9. The lowest BCUT2D eigenvalue weighted by molar-refractivity contribution is -0.137. The topological polar surface area (TPSA) is 88.0 Å². The van der Waals surface area contributed by atoms with Crippen molar-refractivity contribution in [2.24, 2.45) is 0 Å². The maximum atomic E-state index is 11.2. The molecule has 3 rings (SSSR count). The van der Waals surface area contributed by atoms with Crippen molar-refractivity contribution in [3.63, 3.8) is 0 Å². The van der Waals surface area contributed by atoms with Crippen LogP contribution in [0.5, 0.6) is 0 Å². The van der Waals surface area contributed by atoms with Gasteiger partial charge in [0.15, 0.2) is 0 Å². The van der Waals surface area contributed by atoms with Crippen LogP contribution in [-0.4, -0.2) is 32.6 Å². The van der Waals surface area contributed by atoms with E-state index in [1.54, 1.807) is 12.4 Å². The molecule has 156 valence electrons. The molecular formula is C23H32N4O2. The predicted molar refractivity (Wildman–Crippen MR) is 114 cm³/mol. The fourth-order valence-electron chi connectivity index (χ4n) is 3.93. The summed E-state index contributed by atoms with van der Waals surface area (Å²) >= 11 is 0. The van der Waals surface area contributed by atoms with Crippen molar-refractivity contribution in [1.29, 1.82) is 0 Å². The van der Waals surface area contributed by atoms with E-state index < -0.39 is 5.97 Å². The van der Waals surface area contributed by atoms with Crippen LogP contribution in [0.1, 0.15) is 79.9 Å². The van der Waals surface area contributed by atoms with E-state index in [9.17, 15) is 9.90 Å². The van der Waals surface area contributed by atoms with E-state index in [2.05, 4.69) is 27.4 Å². The molecule has 2 aromatic heterocycles. The van der Waals surface area contributed by atoms with Gasteiger partial charge in [-0.15, -0.1) is 0 Å². The number of rotatable bonds is 10. The number of anilines is 1. The quantitative estimate of drug-likeness (QED) is 0.567. The number of carboxylic acids is 1. The molecule has 0 bridgehead atoms. The van der Waals surface area contributed by atoms with Crippen LogP contribution in [-0.2, 0) is 17.6 Å². The third-order valence-corrected chi connectivity index (χ3v) is 5.63. The number of fused-ring (bicyclic) bond motifs is 1. The van der Waals surface area contributed by atoms with Crippen LogP contribution in [0.4, 0.5) is 5.82 Å². The van der Waals surface area contributed by atoms with Crippen molar-refractivity contribution < 1.29 is 9.90 Å². The zero-order chi connectivity index (χ0) is 20.5. The lowest BCUT2D eigenvalue weighted by atomic mass is 9.92. The first kappa shape index (κ1) is 21.2. The molecule has 6 nitrogen and oxygen atoms in total. The number of carboxylic acid groups (broad SMARTS) is 1. The average molecular weight is 397 g/mol. The number of aryl methyl sites for hydroxylation is 3. The molecule has 0 amide bonds. The Hall–Kier alpha value is -2.50. The summed E-state index contributed by atoms with van der Waals surface area (Å²) < 4.78 is 0. The molecule has 0 spiro atoms. The van der Waals surface area contributed by atoms with E-state index in [1.807, 2.05) is 6.92 Å². The summed E-state index contributed by atoms with van der Waals surface area (Å²) in [6, 6.07) is 4.41. The number of nitrogens with zero attached hydrogens (tertiary/aromatic N) is 3. The van der Waals surface area contributed by atoms with Gasteiger partial charge in [-0.2, -0.15) is 0 Å². The molecule has 0 aromatic carbocycles. The Balaban J connectivity index is 1.40. The van der Waals surface area contributed by atoms with E-state index in [-0.39, 0.29) is 12.3 Å². The van der Waals surface area contributed by atoms with Gasteiger partial charge in [0.2, 0.25) is 0 Å². The van der Waals surface area contributed by atoms with Crippen LogP contribution in [0.3, 0.4) is 0 Å². The largest absolute Gasteiger partial charge is 0.481 e. The summed E-state index contributed by atoms with van der Waals surface area (Å²) in [7, 11) is 0. The zero-order valence-corrected chi connectivity index (χ0v) is 17.4. The molecule has 0 fully saturated rings. The minimum atomic E-state index is -0.765. The molecule has 2 N–H and O–H groups in total. The summed E-state index contributed by atoms with van der Waals surface area (Å²) in [6.07, 6.45) is 13.5. The molecule has 0 radical (unpaired) electrons. The lowest BCUT2D eigenvalue weighted by Gasteiger charge is -2.14. The van der Waals surface area contributed by atoms with E-state index in [0.717, 1.165) is 62.9 Å². The summed E-state index contributed by atoms with van der Waals surface area (Å²) in [4.78, 5) is 24.5. The average Bonchev–Trinajstić information content (AvgIpc) is 2.95. The standard InChI is InChI=1S/C23H32N4O2/c1-17-25-15-20(16-26-17)19(14-22(28)29)9-4-2-3-5-10-21-12-11-18-8-6-7-13-24-23(18)27-21/h11-12,15-16,19H,2-10,13-14H2,1H3,(H,24,27)(H,28,29)/t19-/m0/s1. The number of aromatic nitrogens is 3. The van der Waals surface area contributed by atoms with Crippen LogP contribution >= 0.6 is 0 Å². The second-order valence-corrected chi connectivity index (χ2v) is 8.01. The Morgan fingerprint density at radius 3 is 2.72 bits per heavy atom. The van der Waals surface area contributed by atoms with Gasteiger partial charge in [-0.25, -0.2) is 15.0 Å². The van der Waals surface area contributed by atoms with Crippen LogP contribution in [0.25, 0.3) is 0 Å². The van der Waals surface area contributed by atoms with Crippen LogP contribution < -0.4 is 5.32 Å². The molecule has 29 heavy (non-hydrogen) atoms. The summed E-state index contributed by atoms with van der Waals surface area (Å²) in [5, 5.41) is 12.7. The molecule has 0 aliphatic carbocycles. The van der Waals surface area contributed by atoms with Crippen molar-refractivity contribution >= 4 is 11.8 Å². The van der Waals surface area contributed by atoms with Crippen molar-refractivity contribution in [1.82, 2.24) is 15.0 Å². The number of hydrogen-bond donors (Lipinski definition) is 2. The van der Waals surface area contributed by atoms with Gasteiger partial charge >= 0.3 is 5.97 Å². The SMILES string of the molecule is Cc1ncc([C@@H](CCCCCCc2ccc3c(n2)NCCCC3)CC(=O)O)cn1. The Labute approximate surface area is 173 Å². The monoisotopic (exact) mass is 396 g/mol. The van der Waals surface area contributed by atoms with Gasteiger partial charge in [-0.05, 0) is 68.6 Å². The Morgan fingerprint density at radius 2 is 1.93 bits per heavy atom. The summed E-state index contributed by atoms with van der Waals surface area (Å²) in [6.45, 7) is 2.86. The highest BCUT2D eigenvalue weighted by atomic mass is 16.4. The van der Waals surface area contributed by atoms with Gasteiger partial charge in [0.1, 0.15) is 11.6 Å². The fourth-order valence-corrected chi connectivity index (χ4v) is 3.93. The van der Waals surface area contributed by atoms with Crippen molar-refractivity contribution in [2.45, 2.75) is 77.0 Å². The first-order chi connectivity index (χ1) is 14.1. The highest BCUT2D eigenvalue weighted by Gasteiger charge is 2.16. The molecule has 0 saturated carbocycles. The molecule has 1 aliphatic rings. The molecule has 6 heteroatoms. The van der Waals surface area contributed by atoms with Gasteiger partial charge in [-0.1, -0.05) is 25.3 Å². The molecule has 3 heterocycles. The van der Waals surface area contributed by atoms with Crippen molar-refractivity contribution in [2.75, 3.05) is 11.9 Å². The summed E-state index contributed by atoms with van der Waals surface area (Å²) in [5.41, 5.74) is 3.44. The van der Waals surface area contributed by atoms with Gasteiger partial charge < -0.3 is 10.4 Å². The van der Waals surface area contributed by atoms with Crippen molar-refractivity contribution in [3.8, 4) is 0 Å². The predicted octanol–water partition coefficient (Wildman–Crippen LogP) is 4.68. The minimum absolute atomic E-state index is 0.00887. The maximum absolute atomic E-state index is 11.2. The van der Waals surface area contributed by atoms with Gasteiger partial charge in [-0.3, -0.25) is 4.79 Å². The number of hydrogen-bond acceptors (Lipinski definition) is 5. The van der Waals surface area contributed by atoms with Gasteiger partial charge in [0.05, 0.1) is 6.42 Å². The molecular weight excluding hydrogens is 364 g/mol. The summed E-state index contributed by atoms with van der Waals surface area (Å²) in [5.74, 6) is 1.02. The highest BCUT2D eigenvalue weighted by Crippen LogP contribution is 2.26. The molecule has 2 aromatic rings. The molecule has 1 atom stereocenters. The Bertz CT molecular complexity index is 792. The van der Waals surface area contributed by atoms with Crippen molar-refractivity contribution in [3.05, 3.63) is 47.2 Å². The minimum Gasteiger partial charge on any atom is -0.481 e. The third-order valence-electron chi connectivity index (χ3n) is 5.63. The van der Waals surface area contributed by atoms with E-state index >= 15 is 0 Å². The number of pyridine rings is 1. The van der Waals surface area contributed by atoms with Gasteiger partial charge in [0, 0.05) is 24.6 Å². The van der Waals surface area contributed by atoms with E-state index in [1.165, 1.54) is 24.1 Å². The Morgan fingerprint density at radius 1 is 1.14 bits per heavy atom. The number of aliphatic carboxylic acids is 1.